The number of carbonyl (C=O) groups excluding carboxylic acids is 1. The molecule has 1 amide bonds. The van der Waals surface area contributed by atoms with Crippen molar-refractivity contribution in [1.82, 2.24) is 10.6 Å². The Hall–Kier alpha value is -0.320. The topological polar surface area (TPSA) is 67.1 Å². The van der Waals surface area contributed by atoms with Gasteiger partial charge >= 0.3 is 0 Å². The third kappa shape index (κ3) is 4.45. The van der Waals surface area contributed by atoms with Crippen molar-refractivity contribution < 1.29 is 4.79 Å². The summed E-state index contributed by atoms with van der Waals surface area (Å²) in [5.41, 5.74) is 5.39. The van der Waals surface area contributed by atoms with Crippen LogP contribution in [-0.4, -0.2) is 30.6 Å². The minimum Gasteiger partial charge on any atom is -0.353 e. The predicted molar refractivity (Wildman–Crippen MR) is 54.9 cm³/mol. The van der Waals surface area contributed by atoms with Crippen molar-refractivity contribution in [2.45, 2.75) is 31.8 Å². The Morgan fingerprint density at radius 1 is 1.69 bits per heavy atom. The maximum Gasteiger partial charge on any atom is 0.237 e. The van der Waals surface area contributed by atoms with Gasteiger partial charge in [0, 0.05) is 12.1 Å². The molecule has 1 heterocycles. The van der Waals surface area contributed by atoms with Crippen molar-refractivity contribution in [3.63, 3.8) is 0 Å². The van der Waals surface area contributed by atoms with Crippen LogP contribution in [0, 0.1) is 0 Å². The van der Waals surface area contributed by atoms with Gasteiger partial charge in [-0.05, 0) is 26.8 Å². The van der Waals surface area contributed by atoms with E-state index in [9.17, 15) is 4.79 Å². The standard InChI is InChI=1S/C8H17N3O.ClH/c1-8(2,9)5-11-7(12)6-3-4-10-6;/h6,10H,3-5,9H2,1-2H3,(H,11,12);1H/t6-;/m1./s1. The van der Waals surface area contributed by atoms with Crippen molar-refractivity contribution in [2.75, 3.05) is 13.1 Å². The fraction of sp³-hybridized carbons (Fsp3) is 0.875. The molecule has 13 heavy (non-hydrogen) atoms. The minimum absolute atomic E-state index is 0. The third-order valence-electron chi connectivity index (χ3n) is 1.86. The average molecular weight is 208 g/mol. The van der Waals surface area contributed by atoms with E-state index in [1.165, 1.54) is 0 Å². The van der Waals surface area contributed by atoms with Gasteiger partial charge in [-0.25, -0.2) is 0 Å². The fourth-order valence-corrected chi connectivity index (χ4v) is 0.951. The number of nitrogens with one attached hydrogen (secondary N) is 2. The van der Waals surface area contributed by atoms with E-state index in [0.717, 1.165) is 13.0 Å². The first kappa shape index (κ1) is 12.7. The summed E-state index contributed by atoms with van der Waals surface area (Å²) >= 11 is 0. The second-order valence-electron chi connectivity index (χ2n) is 4.00. The van der Waals surface area contributed by atoms with Crippen LogP contribution in [0.3, 0.4) is 0 Å². The highest BCUT2D eigenvalue weighted by molar-refractivity contribution is 5.85. The molecule has 1 saturated heterocycles. The largest absolute Gasteiger partial charge is 0.353 e. The molecule has 0 aromatic rings. The molecule has 0 bridgehead atoms. The van der Waals surface area contributed by atoms with Gasteiger partial charge in [-0.15, -0.1) is 12.4 Å². The van der Waals surface area contributed by atoms with E-state index in [1.54, 1.807) is 0 Å². The molecular weight excluding hydrogens is 190 g/mol. The first-order valence-corrected chi connectivity index (χ1v) is 4.29. The van der Waals surface area contributed by atoms with Crippen molar-refractivity contribution in [2.24, 2.45) is 5.73 Å². The van der Waals surface area contributed by atoms with Crippen LogP contribution in [0.25, 0.3) is 0 Å². The first-order valence-electron chi connectivity index (χ1n) is 4.29. The Morgan fingerprint density at radius 2 is 2.23 bits per heavy atom. The zero-order valence-electron chi connectivity index (χ0n) is 8.09. The molecule has 5 heteroatoms. The van der Waals surface area contributed by atoms with E-state index in [-0.39, 0.29) is 29.9 Å². The summed E-state index contributed by atoms with van der Waals surface area (Å²) in [6.45, 7) is 5.26. The van der Waals surface area contributed by atoms with Crippen LogP contribution in [0.15, 0.2) is 0 Å². The Kier molecular flexibility index (Phi) is 4.67. The van der Waals surface area contributed by atoms with Gasteiger partial charge in [0.15, 0.2) is 0 Å². The van der Waals surface area contributed by atoms with Crippen LogP contribution in [0.4, 0.5) is 0 Å². The predicted octanol–water partition coefficient (Wildman–Crippen LogP) is -0.376. The van der Waals surface area contributed by atoms with E-state index in [2.05, 4.69) is 10.6 Å². The van der Waals surface area contributed by atoms with Crippen molar-refractivity contribution in [3.8, 4) is 0 Å². The summed E-state index contributed by atoms with van der Waals surface area (Å²) in [5, 5.41) is 5.83. The molecular formula is C8H18ClN3O. The maximum atomic E-state index is 11.2. The summed E-state index contributed by atoms with van der Waals surface area (Å²) < 4.78 is 0. The minimum atomic E-state index is -0.320. The molecule has 0 aromatic carbocycles. The third-order valence-corrected chi connectivity index (χ3v) is 1.86. The highest BCUT2D eigenvalue weighted by Crippen LogP contribution is 2.01. The lowest BCUT2D eigenvalue weighted by molar-refractivity contribution is -0.124. The Morgan fingerprint density at radius 3 is 2.54 bits per heavy atom. The fourth-order valence-electron chi connectivity index (χ4n) is 0.951. The average Bonchev–Trinajstić information content (AvgIpc) is 1.78. The number of nitrogens with two attached hydrogens (primary N) is 1. The summed E-state index contributed by atoms with van der Waals surface area (Å²) in [6, 6.07) is 0.0207. The monoisotopic (exact) mass is 207 g/mol. The molecule has 4 N–H and O–H groups in total. The number of rotatable bonds is 3. The highest BCUT2D eigenvalue weighted by atomic mass is 35.5. The number of carbonyl (C=O) groups is 1. The number of hydrogen-bond acceptors (Lipinski definition) is 3. The molecule has 1 atom stereocenters. The molecule has 1 aliphatic rings. The molecule has 0 spiro atoms. The zero-order valence-corrected chi connectivity index (χ0v) is 8.91. The molecule has 0 saturated carbocycles. The normalized spacial score (nSPS) is 21.3. The van der Waals surface area contributed by atoms with Crippen molar-refractivity contribution >= 4 is 18.3 Å². The van der Waals surface area contributed by atoms with Crippen LogP contribution in [-0.2, 0) is 4.79 Å². The molecule has 4 nitrogen and oxygen atoms in total. The van der Waals surface area contributed by atoms with Crippen LogP contribution < -0.4 is 16.4 Å². The number of hydrogen-bond donors (Lipinski definition) is 3. The van der Waals surface area contributed by atoms with Gasteiger partial charge in [0.05, 0.1) is 6.04 Å². The molecule has 0 unspecified atom stereocenters. The van der Waals surface area contributed by atoms with Gasteiger partial charge in [-0.3, -0.25) is 4.79 Å². The molecule has 0 aliphatic carbocycles. The Balaban J connectivity index is 0.00000144. The molecule has 78 valence electrons. The highest BCUT2D eigenvalue weighted by Gasteiger charge is 2.25. The van der Waals surface area contributed by atoms with Crippen molar-refractivity contribution in [1.29, 1.82) is 0 Å². The van der Waals surface area contributed by atoms with Gasteiger partial charge in [0.2, 0.25) is 5.91 Å². The van der Waals surface area contributed by atoms with Crippen LogP contribution in [0.5, 0.6) is 0 Å². The van der Waals surface area contributed by atoms with E-state index >= 15 is 0 Å². The van der Waals surface area contributed by atoms with Crippen LogP contribution >= 0.6 is 12.4 Å². The summed E-state index contributed by atoms with van der Waals surface area (Å²) in [5.74, 6) is 0.0692. The lowest BCUT2D eigenvalue weighted by Crippen LogP contribution is -2.56. The molecule has 0 aromatic heterocycles. The summed E-state index contributed by atoms with van der Waals surface area (Å²) in [7, 11) is 0. The van der Waals surface area contributed by atoms with Gasteiger partial charge in [-0.2, -0.15) is 0 Å². The van der Waals surface area contributed by atoms with Gasteiger partial charge in [-0.1, -0.05) is 0 Å². The van der Waals surface area contributed by atoms with Crippen LogP contribution in [0.2, 0.25) is 0 Å². The van der Waals surface area contributed by atoms with E-state index < -0.39 is 0 Å². The lowest BCUT2D eigenvalue weighted by atomic mass is 10.0. The van der Waals surface area contributed by atoms with Gasteiger partial charge < -0.3 is 16.4 Å². The second kappa shape index (κ2) is 4.79. The lowest BCUT2D eigenvalue weighted by Gasteiger charge is -2.28. The molecule has 1 fully saturated rings. The number of halogens is 1. The Labute approximate surface area is 85.0 Å². The molecule has 0 radical (unpaired) electrons. The van der Waals surface area contributed by atoms with Gasteiger partial charge in [0.25, 0.3) is 0 Å². The maximum absolute atomic E-state index is 11.2. The van der Waals surface area contributed by atoms with E-state index in [4.69, 9.17) is 5.73 Å². The second-order valence-corrected chi connectivity index (χ2v) is 4.00. The smallest absolute Gasteiger partial charge is 0.237 e. The number of amides is 1. The first-order chi connectivity index (χ1) is 5.49. The van der Waals surface area contributed by atoms with Crippen LogP contribution in [0.1, 0.15) is 20.3 Å². The van der Waals surface area contributed by atoms with Gasteiger partial charge in [0.1, 0.15) is 0 Å². The Bertz CT molecular complexity index is 175. The molecule has 1 rings (SSSR count). The van der Waals surface area contributed by atoms with Crippen molar-refractivity contribution in [3.05, 3.63) is 0 Å². The quantitative estimate of drug-likeness (QED) is 0.592. The SMILES string of the molecule is CC(C)(N)CNC(=O)[C@H]1CCN1.Cl. The summed E-state index contributed by atoms with van der Waals surface area (Å²) in [4.78, 5) is 11.2. The summed E-state index contributed by atoms with van der Waals surface area (Å²) in [6.07, 6.45) is 0.941. The van der Waals surface area contributed by atoms with E-state index in [0.29, 0.717) is 6.54 Å². The van der Waals surface area contributed by atoms with E-state index in [1.807, 2.05) is 13.8 Å². The molecule has 1 aliphatic heterocycles. The zero-order chi connectivity index (χ0) is 9.19.